The van der Waals surface area contributed by atoms with Gasteiger partial charge in [0.1, 0.15) is 0 Å². The van der Waals surface area contributed by atoms with E-state index in [1.807, 2.05) is 26.0 Å². The molecule has 3 heteroatoms. The Morgan fingerprint density at radius 2 is 1.64 bits per heavy atom. The molecule has 1 heterocycles. The number of amides is 1. The molecule has 0 N–H and O–H groups in total. The van der Waals surface area contributed by atoms with E-state index in [1.54, 1.807) is 7.05 Å². The van der Waals surface area contributed by atoms with E-state index >= 15 is 0 Å². The van der Waals surface area contributed by atoms with E-state index in [1.165, 1.54) is 4.90 Å². The van der Waals surface area contributed by atoms with Gasteiger partial charge in [-0.1, -0.05) is 12.1 Å². The molecule has 72 valence electrons. The van der Waals surface area contributed by atoms with Crippen molar-refractivity contribution in [3.63, 3.8) is 0 Å². The van der Waals surface area contributed by atoms with Gasteiger partial charge in [-0.2, -0.15) is 0 Å². The molecule has 0 atom stereocenters. The average molecular weight is 189 g/mol. The molecule has 14 heavy (non-hydrogen) atoms. The summed E-state index contributed by atoms with van der Waals surface area (Å²) in [4.78, 5) is 24.5. The van der Waals surface area contributed by atoms with Crippen LogP contribution < -0.4 is 4.90 Å². The highest BCUT2D eigenvalue weighted by Crippen LogP contribution is 2.33. The molecule has 0 bridgehead atoms. The average Bonchev–Trinajstić information content (AvgIpc) is 2.38. The first-order valence-corrected chi connectivity index (χ1v) is 4.46. The molecular formula is C11H11NO2. The van der Waals surface area contributed by atoms with Gasteiger partial charge in [0.05, 0.1) is 11.3 Å². The molecule has 0 radical (unpaired) electrons. The number of aryl methyl sites for hydroxylation is 2. The second-order valence-electron chi connectivity index (χ2n) is 3.62. The van der Waals surface area contributed by atoms with Crippen molar-refractivity contribution in [1.29, 1.82) is 0 Å². The number of ketones is 1. The van der Waals surface area contributed by atoms with Crippen LogP contribution in [-0.4, -0.2) is 18.7 Å². The molecule has 1 aromatic rings. The Hall–Kier alpha value is -1.64. The molecule has 0 saturated heterocycles. The van der Waals surface area contributed by atoms with Gasteiger partial charge in [-0.3, -0.25) is 9.59 Å². The number of benzene rings is 1. The number of carbonyl (C=O) groups excluding carboxylic acids is 2. The lowest BCUT2D eigenvalue weighted by Crippen LogP contribution is -2.25. The molecule has 1 amide bonds. The Labute approximate surface area is 82.3 Å². The maximum absolute atomic E-state index is 11.6. The third-order valence-electron chi connectivity index (χ3n) is 2.65. The van der Waals surface area contributed by atoms with Crippen LogP contribution in [0.25, 0.3) is 0 Å². The number of fused-ring (bicyclic) bond motifs is 1. The molecule has 0 spiro atoms. The van der Waals surface area contributed by atoms with Gasteiger partial charge in [0.2, 0.25) is 0 Å². The van der Waals surface area contributed by atoms with Crippen LogP contribution in [0.5, 0.6) is 0 Å². The van der Waals surface area contributed by atoms with Crippen LogP contribution in [0.1, 0.15) is 21.5 Å². The van der Waals surface area contributed by atoms with Crippen molar-refractivity contribution < 1.29 is 9.59 Å². The molecule has 1 aliphatic rings. The summed E-state index contributed by atoms with van der Waals surface area (Å²) in [5.74, 6) is -0.818. The third-order valence-corrected chi connectivity index (χ3v) is 2.65. The van der Waals surface area contributed by atoms with E-state index < -0.39 is 5.91 Å². The van der Waals surface area contributed by atoms with Crippen molar-refractivity contribution in [2.45, 2.75) is 13.8 Å². The van der Waals surface area contributed by atoms with Crippen molar-refractivity contribution in [2.24, 2.45) is 0 Å². The number of hydrogen-bond acceptors (Lipinski definition) is 2. The molecule has 0 aliphatic carbocycles. The Bertz CT molecular complexity index is 449. The summed E-state index contributed by atoms with van der Waals surface area (Å²) < 4.78 is 0. The Kier molecular flexibility index (Phi) is 1.71. The van der Waals surface area contributed by atoms with Crippen LogP contribution in [0.15, 0.2) is 12.1 Å². The molecule has 0 aromatic heterocycles. The molecule has 0 saturated carbocycles. The van der Waals surface area contributed by atoms with Gasteiger partial charge >= 0.3 is 0 Å². The molecule has 3 nitrogen and oxygen atoms in total. The van der Waals surface area contributed by atoms with Gasteiger partial charge in [-0.25, -0.2) is 0 Å². The summed E-state index contributed by atoms with van der Waals surface area (Å²) in [6, 6.07) is 3.80. The Balaban J connectivity index is 2.80. The highest BCUT2D eigenvalue weighted by molar-refractivity contribution is 6.52. The minimum Gasteiger partial charge on any atom is -0.308 e. The Morgan fingerprint density at radius 3 is 2.21 bits per heavy atom. The SMILES string of the molecule is Cc1ccc(C)c2c1C(=O)C(=O)N2C. The Morgan fingerprint density at radius 1 is 1.07 bits per heavy atom. The van der Waals surface area contributed by atoms with Crippen molar-refractivity contribution in [1.82, 2.24) is 0 Å². The standard InChI is InChI=1S/C11H11NO2/c1-6-4-5-7(2)9-8(6)10(13)11(14)12(9)3/h4-5H,1-3H3. The molecule has 0 fully saturated rings. The summed E-state index contributed by atoms with van der Waals surface area (Å²) >= 11 is 0. The number of Topliss-reactive ketones (excluding diaryl/α,β-unsaturated/α-hetero) is 1. The largest absolute Gasteiger partial charge is 0.308 e. The van der Waals surface area contributed by atoms with Crippen molar-refractivity contribution in [2.75, 3.05) is 11.9 Å². The van der Waals surface area contributed by atoms with Crippen molar-refractivity contribution in [3.05, 3.63) is 28.8 Å². The third kappa shape index (κ3) is 0.923. The van der Waals surface area contributed by atoms with E-state index in [2.05, 4.69) is 0 Å². The molecule has 1 aromatic carbocycles. The second-order valence-corrected chi connectivity index (χ2v) is 3.62. The minimum atomic E-state index is -0.433. The van der Waals surface area contributed by atoms with Gasteiger partial charge in [0.15, 0.2) is 0 Å². The maximum Gasteiger partial charge on any atom is 0.299 e. The zero-order valence-electron chi connectivity index (χ0n) is 8.42. The van der Waals surface area contributed by atoms with Crippen molar-refractivity contribution in [3.8, 4) is 0 Å². The second kappa shape index (κ2) is 2.67. The number of likely N-dealkylation sites (N-methyl/N-ethyl adjacent to an activating group) is 1. The van der Waals surface area contributed by atoms with E-state index in [0.717, 1.165) is 16.8 Å². The zero-order valence-corrected chi connectivity index (χ0v) is 8.42. The fourth-order valence-corrected chi connectivity index (χ4v) is 1.88. The predicted octanol–water partition coefficient (Wildman–Crippen LogP) is 1.46. The number of nitrogens with zero attached hydrogens (tertiary/aromatic N) is 1. The fourth-order valence-electron chi connectivity index (χ4n) is 1.88. The summed E-state index contributed by atoms with van der Waals surface area (Å²) in [6.45, 7) is 3.75. The van der Waals surface area contributed by atoms with Crippen LogP contribution in [0, 0.1) is 13.8 Å². The van der Waals surface area contributed by atoms with Gasteiger partial charge in [-0.15, -0.1) is 0 Å². The number of carbonyl (C=O) groups is 2. The quantitative estimate of drug-likeness (QED) is 0.579. The summed E-state index contributed by atoms with van der Waals surface area (Å²) in [5.41, 5.74) is 3.16. The van der Waals surface area contributed by atoms with Crippen LogP contribution in [0.2, 0.25) is 0 Å². The summed E-state index contributed by atoms with van der Waals surface area (Å²) in [7, 11) is 1.64. The van der Waals surface area contributed by atoms with E-state index in [9.17, 15) is 9.59 Å². The first-order chi connectivity index (χ1) is 6.54. The molecule has 0 unspecified atom stereocenters. The van der Waals surface area contributed by atoms with E-state index in [0.29, 0.717) is 5.56 Å². The zero-order chi connectivity index (χ0) is 10.5. The van der Waals surface area contributed by atoms with Crippen molar-refractivity contribution >= 4 is 17.4 Å². The molecular weight excluding hydrogens is 178 g/mol. The van der Waals surface area contributed by atoms with Gasteiger partial charge in [0.25, 0.3) is 11.7 Å². The molecule has 1 aliphatic heterocycles. The van der Waals surface area contributed by atoms with Gasteiger partial charge < -0.3 is 4.90 Å². The number of rotatable bonds is 0. The number of hydrogen-bond donors (Lipinski definition) is 0. The lowest BCUT2D eigenvalue weighted by atomic mass is 10.0. The first kappa shape index (κ1) is 8.94. The van der Waals surface area contributed by atoms with Crippen LogP contribution in [0.3, 0.4) is 0 Å². The van der Waals surface area contributed by atoms with Crippen LogP contribution in [0.4, 0.5) is 5.69 Å². The normalized spacial score (nSPS) is 14.9. The van der Waals surface area contributed by atoms with Gasteiger partial charge in [0, 0.05) is 7.05 Å². The highest BCUT2D eigenvalue weighted by atomic mass is 16.2. The van der Waals surface area contributed by atoms with Gasteiger partial charge in [-0.05, 0) is 25.0 Å². The summed E-state index contributed by atoms with van der Waals surface area (Å²) in [6.07, 6.45) is 0. The monoisotopic (exact) mass is 189 g/mol. The lowest BCUT2D eigenvalue weighted by molar-refractivity contribution is -0.114. The smallest absolute Gasteiger partial charge is 0.299 e. The predicted molar refractivity (Wildman–Crippen MR) is 53.7 cm³/mol. The first-order valence-electron chi connectivity index (χ1n) is 4.46. The van der Waals surface area contributed by atoms with E-state index in [-0.39, 0.29) is 5.78 Å². The fraction of sp³-hybridized carbons (Fsp3) is 0.273. The van der Waals surface area contributed by atoms with Crippen LogP contribution >= 0.6 is 0 Å². The van der Waals surface area contributed by atoms with Crippen LogP contribution in [-0.2, 0) is 4.79 Å². The lowest BCUT2D eigenvalue weighted by Gasteiger charge is -2.12. The summed E-state index contributed by atoms with van der Waals surface area (Å²) in [5, 5.41) is 0. The maximum atomic E-state index is 11.6. The number of anilines is 1. The topological polar surface area (TPSA) is 37.4 Å². The highest BCUT2D eigenvalue weighted by Gasteiger charge is 2.35. The molecule has 2 rings (SSSR count). The minimum absolute atomic E-state index is 0.385. The van der Waals surface area contributed by atoms with E-state index in [4.69, 9.17) is 0 Å².